The molecule has 16 heavy (non-hydrogen) atoms. The summed E-state index contributed by atoms with van der Waals surface area (Å²) >= 11 is 7.26. The van der Waals surface area contributed by atoms with E-state index in [-0.39, 0.29) is 0 Å². The summed E-state index contributed by atoms with van der Waals surface area (Å²) in [7, 11) is 1.74. The number of rotatable bonds is 5. The van der Waals surface area contributed by atoms with Gasteiger partial charge in [0.2, 0.25) is 0 Å². The number of nitrogens with one attached hydrogen (secondary N) is 3. The maximum atomic E-state index is 11.7. The van der Waals surface area contributed by atoms with Gasteiger partial charge in [0.15, 0.2) is 5.11 Å². The largest absolute Gasteiger partial charge is 0.616 e. The van der Waals surface area contributed by atoms with Crippen LogP contribution in [0.2, 0.25) is 0 Å². The molecule has 0 aliphatic heterocycles. The topological polar surface area (TPSA) is 75.8 Å². The molecule has 0 spiro atoms. The molecule has 0 aliphatic rings. The summed E-state index contributed by atoms with van der Waals surface area (Å²) in [4.78, 5) is 6.94. The summed E-state index contributed by atoms with van der Waals surface area (Å²) in [5.41, 5.74) is 0.787. The quantitative estimate of drug-likeness (QED) is 0.543. The molecule has 0 aliphatic carbocycles. The molecule has 8 heteroatoms. The first-order valence-electron chi connectivity index (χ1n) is 4.61. The van der Waals surface area contributed by atoms with Crippen LogP contribution in [0.4, 0.5) is 0 Å². The van der Waals surface area contributed by atoms with E-state index in [1.165, 1.54) is 0 Å². The fourth-order valence-electron chi connectivity index (χ4n) is 0.999. The highest BCUT2D eigenvalue weighted by Gasteiger charge is 2.12. The van der Waals surface area contributed by atoms with Gasteiger partial charge in [-0.05, 0) is 39.3 Å². The monoisotopic (exact) mass is 324 g/mol. The molecule has 0 aromatic carbocycles. The summed E-state index contributed by atoms with van der Waals surface area (Å²) in [6.45, 7) is 0.592. The lowest BCUT2D eigenvalue weighted by atomic mass is 10.6. The Morgan fingerprint density at radius 3 is 3.06 bits per heavy atom. The number of thiocarbonyl (C=S) groups is 1. The number of hydrogen-bond acceptors (Lipinski definition) is 3. The van der Waals surface area contributed by atoms with E-state index >= 15 is 0 Å². The van der Waals surface area contributed by atoms with E-state index in [1.54, 1.807) is 13.4 Å². The molecular weight excluding hydrogens is 312 g/mol. The summed E-state index contributed by atoms with van der Waals surface area (Å²) in [6.07, 6.45) is 1.57. The van der Waals surface area contributed by atoms with Gasteiger partial charge in [0.1, 0.15) is 21.8 Å². The molecule has 0 saturated carbocycles. The van der Waals surface area contributed by atoms with Crippen molar-refractivity contribution in [3.8, 4) is 0 Å². The van der Waals surface area contributed by atoms with Crippen LogP contribution in [-0.2, 0) is 16.9 Å². The third-order valence-electron chi connectivity index (χ3n) is 1.81. The van der Waals surface area contributed by atoms with Gasteiger partial charge in [-0.15, -0.1) is 0 Å². The molecule has 3 N–H and O–H groups in total. The summed E-state index contributed by atoms with van der Waals surface area (Å²) < 4.78 is 12.5. The molecule has 1 atom stereocenters. The second kappa shape index (κ2) is 7.10. The zero-order chi connectivity index (χ0) is 12.0. The Morgan fingerprint density at radius 1 is 1.75 bits per heavy atom. The highest BCUT2D eigenvalue weighted by molar-refractivity contribution is 9.10. The first-order chi connectivity index (χ1) is 7.63. The fraction of sp³-hybridized carbons (Fsp3) is 0.500. The molecule has 1 rings (SSSR count). The van der Waals surface area contributed by atoms with Gasteiger partial charge < -0.3 is 20.2 Å². The van der Waals surface area contributed by atoms with E-state index < -0.39 is 11.2 Å². The predicted molar refractivity (Wildman–Crippen MR) is 72.7 cm³/mol. The van der Waals surface area contributed by atoms with Crippen molar-refractivity contribution in [2.45, 2.75) is 5.75 Å². The van der Waals surface area contributed by atoms with Gasteiger partial charge in [0, 0.05) is 7.05 Å². The molecule has 1 aromatic rings. The number of aromatic amines is 1. The van der Waals surface area contributed by atoms with Crippen molar-refractivity contribution < 1.29 is 4.55 Å². The lowest BCUT2D eigenvalue weighted by molar-refractivity contribution is 0.592. The highest BCUT2D eigenvalue weighted by Crippen LogP contribution is 2.13. The fourth-order valence-corrected chi connectivity index (χ4v) is 2.63. The number of halogens is 1. The van der Waals surface area contributed by atoms with Crippen molar-refractivity contribution in [2.24, 2.45) is 0 Å². The van der Waals surface area contributed by atoms with E-state index in [4.69, 9.17) is 12.2 Å². The first-order valence-corrected chi connectivity index (χ1v) is 7.30. The molecule has 1 heterocycles. The Hall–Kier alpha value is -0.310. The molecule has 5 nitrogen and oxygen atoms in total. The van der Waals surface area contributed by atoms with Crippen LogP contribution in [-0.4, -0.2) is 39.0 Å². The lowest BCUT2D eigenvalue weighted by Crippen LogP contribution is -2.35. The summed E-state index contributed by atoms with van der Waals surface area (Å²) in [5.74, 6) is 0.985. The van der Waals surface area contributed by atoms with Crippen LogP contribution >= 0.6 is 28.1 Å². The number of nitrogens with zero attached hydrogens (tertiary/aromatic N) is 1. The Balaban J connectivity index is 2.24. The first kappa shape index (κ1) is 13.8. The van der Waals surface area contributed by atoms with Gasteiger partial charge in [-0.3, -0.25) is 0 Å². The second-order valence-corrected chi connectivity index (χ2v) is 5.74. The molecule has 0 bridgehead atoms. The lowest BCUT2D eigenvalue weighted by Gasteiger charge is -2.11. The highest BCUT2D eigenvalue weighted by atomic mass is 79.9. The van der Waals surface area contributed by atoms with Crippen molar-refractivity contribution in [2.75, 3.05) is 19.3 Å². The summed E-state index contributed by atoms with van der Waals surface area (Å²) in [5, 5.41) is 6.30. The van der Waals surface area contributed by atoms with Crippen LogP contribution in [0, 0.1) is 0 Å². The van der Waals surface area contributed by atoms with Crippen molar-refractivity contribution in [3.05, 3.63) is 16.6 Å². The van der Waals surface area contributed by atoms with Crippen LogP contribution in [0.3, 0.4) is 0 Å². The van der Waals surface area contributed by atoms with Crippen molar-refractivity contribution >= 4 is 44.4 Å². The van der Waals surface area contributed by atoms with Crippen molar-refractivity contribution in [1.29, 1.82) is 0 Å². The molecule has 90 valence electrons. The van der Waals surface area contributed by atoms with Gasteiger partial charge in [-0.25, -0.2) is 4.98 Å². The molecule has 0 radical (unpaired) electrons. The van der Waals surface area contributed by atoms with Crippen LogP contribution in [0.1, 0.15) is 5.69 Å². The Bertz CT molecular complexity index is 347. The van der Waals surface area contributed by atoms with Crippen LogP contribution in [0.5, 0.6) is 0 Å². The smallest absolute Gasteiger partial charge is 0.166 e. The molecule has 0 saturated heterocycles. The van der Waals surface area contributed by atoms with Gasteiger partial charge >= 0.3 is 0 Å². The maximum Gasteiger partial charge on any atom is 0.166 e. The van der Waals surface area contributed by atoms with E-state index in [9.17, 15) is 4.55 Å². The van der Waals surface area contributed by atoms with Gasteiger partial charge in [0.05, 0.1) is 12.9 Å². The van der Waals surface area contributed by atoms with Gasteiger partial charge in [-0.2, -0.15) is 0 Å². The van der Waals surface area contributed by atoms with Crippen molar-refractivity contribution in [1.82, 2.24) is 20.6 Å². The minimum atomic E-state index is -0.940. The molecular formula is C8H13BrN4OS2. The van der Waals surface area contributed by atoms with E-state index in [0.717, 1.165) is 10.3 Å². The average Bonchev–Trinajstić information content (AvgIpc) is 2.64. The van der Waals surface area contributed by atoms with Gasteiger partial charge in [-0.1, -0.05) is 0 Å². The zero-order valence-electron chi connectivity index (χ0n) is 8.75. The Kier molecular flexibility index (Phi) is 6.10. The number of hydrogen-bond donors (Lipinski definition) is 3. The molecule has 1 unspecified atom stereocenters. The minimum absolute atomic E-state index is 0.443. The van der Waals surface area contributed by atoms with E-state index in [0.29, 0.717) is 23.2 Å². The number of H-pyrrole nitrogens is 1. The number of aromatic nitrogens is 2. The Morgan fingerprint density at radius 2 is 2.50 bits per heavy atom. The standard InChI is InChI=1S/C8H13BrN4OS2/c1-10-8(15)11-2-3-16(14)4-6-7(9)13-5-12-6/h5H,2-4H2,1H3,(H,12,13)(H2,10,11,15). The molecule has 0 amide bonds. The normalized spacial score (nSPS) is 12.2. The van der Waals surface area contributed by atoms with Crippen LogP contribution in [0.15, 0.2) is 10.9 Å². The third kappa shape index (κ3) is 4.69. The van der Waals surface area contributed by atoms with Crippen LogP contribution < -0.4 is 10.6 Å². The average molecular weight is 325 g/mol. The van der Waals surface area contributed by atoms with Crippen LogP contribution in [0.25, 0.3) is 0 Å². The maximum absolute atomic E-state index is 11.7. The molecule has 0 fully saturated rings. The molecule has 1 aromatic heterocycles. The minimum Gasteiger partial charge on any atom is -0.616 e. The number of imidazole rings is 1. The Labute approximate surface area is 111 Å². The van der Waals surface area contributed by atoms with Crippen molar-refractivity contribution in [3.63, 3.8) is 0 Å². The third-order valence-corrected chi connectivity index (χ3v) is 4.10. The zero-order valence-corrected chi connectivity index (χ0v) is 12.0. The van der Waals surface area contributed by atoms with E-state index in [2.05, 4.69) is 36.5 Å². The van der Waals surface area contributed by atoms with Gasteiger partial charge in [0.25, 0.3) is 0 Å². The predicted octanol–water partition coefficient (Wildman–Crippen LogP) is 0.515. The second-order valence-electron chi connectivity index (χ2n) is 2.96. The van der Waals surface area contributed by atoms with E-state index in [1.807, 2.05) is 0 Å². The summed E-state index contributed by atoms with van der Waals surface area (Å²) in [6, 6.07) is 0. The SMILES string of the molecule is CNC(=S)NCC[S+]([O-])Cc1nc[nH]c1Br.